The van der Waals surface area contributed by atoms with Gasteiger partial charge in [-0.1, -0.05) is 6.92 Å². The van der Waals surface area contributed by atoms with Crippen LogP contribution >= 0.6 is 36.2 Å². The lowest BCUT2D eigenvalue weighted by Crippen LogP contribution is -2.23. The summed E-state index contributed by atoms with van der Waals surface area (Å²) in [5.74, 6) is 3.98. The molecule has 1 heterocycles. The van der Waals surface area contributed by atoms with Crippen molar-refractivity contribution in [3.63, 3.8) is 0 Å². The van der Waals surface area contributed by atoms with Crippen molar-refractivity contribution in [3.05, 3.63) is 0 Å². The standard InChI is InChI=1S/C7H14S3/c1-2-6(8)7-5-9-3-4-10-7/h6-8H,2-5H2,1H3. The number of hydrogen-bond acceptors (Lipinski definition) is 3. The van der Waals surface area contributed by atoms with Gasteiger partial charge in [0.25, 0.3) is 0 Å². The maximum atomic E-state index is 4.54. The quantitative estimate of drug-likeness (QED) is 0.671. The van der Waals surface area contributed by atoms with E-state index < -0.39 is 0 Å². The summed E-state index contributed by atoms with van der Waals surface area (Å²) >= 11 is 8.71. The minimum absolute atomic E-state index is 0.623. The molecule has 2 atom stereocenters. The minimum Gasteiger partial charge on any atom is -0.175 e. The molecule has 0 aromatic rings. The molecule has 1 saturated heterocycles. The van der Waals surface area contributed by atoms with Gasteiger partial charge in [-0.15, -0.1) is 0 Å². The summed E-state index contributed by atoms with van der Waals surface area (Å²) in [6.45, 7) is 2.22. The molecule has 0 amide bonds. The Balaban J connectivity index is 2.24. The third-order valence-corrected chi connectivity index (χ3v) is 5.54. The van der Waals surface area contributed by atoms with Gasteiger partial charge in [0.15, 0.2) is 0 Å². The Bertz CT molecular complexity index is 88.9. The van der Waals surface area contributed by atoms with E-state index in [0.717, 1.165) is 5.25 Å². The molecule has 3 heteroatoms. The molecular formula is C7H14S3. The Morgan fingerprint density at radius 2 is 2.40 bits per heavy atom. The molecule has 0 saturated carbocycles. The van der Waals surface area contributed by atoms with Crippen LogP contribution in [0, 0.1) is 0 Å². The second-order valence-corrected chi connectivity index (χ2v) is 5.62. The second-order valence-electron chi connectivity index (χ2n) is 2.46. The molecule has 0 aromatic heterocycles. The van der Waals surface area contributed by atoms with Gasteiger partial charge in [0.05, 0.1) is 0 Å². The molecule has 0 bridgehead atoms. The molecule has 1 rings (SSSR count). The van der Waals surface area contributed by atoms with Gasteiger partial charge in [0.2, 0.25) is 0 Å². The summed E-state index contributed by atoms with van der Waals surface area (Å²) < 4.78 is 0. The summed E-state index contributed by atoms with van der Waals surface area (Å²) in [5, 5.41) is 1.44. The molecule has 1 fully saturated rings. The molecule has 0 spiro atoms. The lowest BCUT2D eigenvalue weighted by Gasteiger charge is -2.25. The van der Waals surface area contributed by atoms with Gasteiger partial charge in [-0.3, -0.25) is 0 Å². The maximum Gasteiger partial charge on any atom is 0.0254 e. The van der Waals surface area contributed by atoms with Crippen molar-refractivity contribution < 1.29 is 0 Å². The van der Waals surface area contributed by atoms with Gasteiger partial charge in [-0.05, 0) is 6.42 Å². The van der Waals surface area contributed by atoms with E-state index in [4.69, 9.17) is 0 Å². The largest absolute Gasteiger partial charge is 0.175 e. The molecule has 10 heavy (non-hydrogen) atoms. The lowest BCUT2D eigenvalue weighted by molar-refractivity contribution is 0.817. The van der Waals surface area contributed by atoms with Crippen LogP contribution in [-0.4, -0.2) is 27.8 Å². The first-order valence-electron chi connectivity index (χ1n) is 3.72. The van der Waals surface area contributed by atoms with Gasteiger partial charge in [0, 0.05) is 27.8 Å². The molecule has 0 aliphatic carbocycles. The predicted molar refractivity (Wildman–Crippen MR) is 56.6 cm³/mol. The van der Waals surface area contributed by atoms with Crippen LogP contribution in [0.15, 0.2) is 0 Å². The Labute approximate surface area is 77.3 Å². The molecule has 0 N–H and O–H groups in total. The molecule has 0 radical (unpaired) electrons. The van der Waals surface area contributed by atoms with Gasteiger partial charge < -0.3 is 0 Å². The average molecular weight is 194 g/mol. The fourth-order valence-electron chi connectivity index (χ4n) is 0.991. The van der Waals surface area contributed by atoms with Gasteiger partial charge >= 0.3 is 0 Å². The van der Waals surface area contributed by atoms with Crippen LogP contribution in [0.2, 0.25) is 0 Å². The summed E-state index contributed by atoms with van der Waals surface area (Å²) in [7, 11) is 0. The maximum absolute atomic E-state index is 4.54. The summed E-state index contributed by atoms with van der Waals surface area (Å²) in [6.07, 6.45) is 1.21. The van der Waals surface area contributed by atoms with Crippen LogP contribution in [0.4, 0.5) is 0 Å². The van der Waals surface area contributed by atoms with Crippen LogP contribution in [0.1, 0.15) is 13.3 Å². The van der Waals surface area contributed by atoms with Crippen LogP contribution < -0.4 is 0 Å². The van der Waals surface area contributed by atoms with Crippen molar-refractivity contribution in [2.24, 2.45) is 0 Å². The van der Waals surface area contributed by atoms with E-state index in [1.165, 1.54) is 23.7 Å². The van der Waals surface area contributed by atoms with Crippen molar-refractivity contribution in [1.29, 1.82) is 0 Å². The SMILES string of the molecule is CCC(S)C1CSCCS1. The lowest BCUT2D eigenvalue weighted by atomic mass is 10.2. The number of thioether (sulfide) groups is 2. The van der Waals surface area contributed by atoms with Crippen molar-refractivity contribution in [3.8, 4) is 0 Å². The summed E-state index contributed by atoms with van der Waals surface area (Å²) in [6, 6.07) is 0. The van der Waals surface area contributed by atoms with Gasteiger partial charge in [0.1, 0.15) is 0 Å². The molecule has 2 unspecified atom stereocenters. The Morgan fingerprint density at radius 1 is 1.60 bits per heavy atom. The molecule has 1 aliphatic rings. The topological polar surface area (TPSA) is 0 Å². The highest BCUT2D eigenvalue weighted by atomic mass is 32.2. The molecule has 60 valence electrons. The van der Waals surface area contributed by atoms with E-state index >= 15 is 0 Å². The van der Waals surface area contributed by atoms with Gasteiger partial charge in [-0.25, -0.2) is 0 Å². The van der Waals surface area contributed by atoms with Crippen LogP contribution in [0.3, 0.4) is 0 Å². The minimum atomic E-state index is 0.623. The molecular weight excluding hydrogens is 180 g/mol. The zero-order chi connectivity index (χ0) is 7.40. The van der Waals surface area contributed by atoms with E-state index in [0.29, 0.717) is 5.25 Å². The van der Waals surface area contributed by atoms with Crippen molar-refractivity contribution in [1.82, 2.24) is 0 Å². The highest BCUT2D eigenvalue weighted by molar-refractivity contribution is 8.07. The monoisotopic (exact) mass is 194 g/mol. The van der Waals surface area contributed by atoms with Gasteiger partial charge in [-0.2, -0.15) is 36.2 Å². The van der Waals surface area contributed by atoms with Crippen LogP contribution in [0.5, 0.6) is 0 Å². The third kappa shape index (κ3) is 2.59. The highest BCUT2D eigenvalue weighted by Crippen LogP contribution is 2.29. The normalized spacial score (nSPS) is 30.0. The summed E-state index contributed by atoms with van der Waals surface area (Å²) in [5.41, 5.74) is 0. The highest BCUT2D eigenvalue weighted by Gasteiger charge is 2.19. The smallest absolute Gasteiger partial charge is 0.0254 e. The zero-order valence-corrected chi connectivity index (χ0v) is 8.77. The average Bonchev–Trinajstić information content (AvgIpc) is 2.05. The molecule has 1 aliphatic heterocycles. The van der Waals surface area contributed by atoms with E-state index in [2.05, 4.69) is 43.1 Å². The number of hydrogen-bond donors (Lipinski definition) is 1. The first kappa shape index (κ1) is 9.14. The first-order valence-corrected chi connectivity index (χ1v) is 6.44. The van der Waals surface area contributed by atoms with Crippen LogP contribution in [0.25, 0.3) is 0 Å². The fraction of sp³-hybridized carbons (Fsp3) is 1.00. The zero-order valence-electron chi connectivity index (χ0n) is 6.25. The van der Waals surface area contributed by atoms with E-state index in [1.54, 1.807) is 0 Å². The predicted octanol–water partition coefficient (Wildman–Crippen LogP) is 2.54. The fourth-order valence-corrected chi connectivity index (χ4v) is 4.38. The van der Waals surface area contributed by atoms with Crippen LogP contribution in [-0.2, 0) is 0 Å². The van der Waals surface area contributed by atoms with E-state index in [-0.39, 0.29) is 0 Å². The Kier molecular flexibility index (Phi) is 4.42. The third-order valence-electron chi connectivity index (χ3n) is 1.69. The molecule has 0 aromatic carbocycles. The van der Waals surface area contributed by atoms with E-state index in [1.807, 2.05) is 0 Å². The Morgan fingerprint density at radius 3 is 2.90 bits per heavy atom. The summed E-state index contributed by atoms with van der Waals surface area (Å²) in [4.78, 5) is 0. The second kappa shape index (κ2) is 4.83. The van der Waals surface area contributed by atoms with E-state index in [9.17, 15) is 0 Å². The first-order chi connectivity index (χ1) is 4.84. The van der Waals surface area contributed by atoms with Crippen molar-refractivity contribution >= 4 is 36.2 Å². The number of rotatable bonds is 2. The molecule has 0 nitrogen and oxygen atoms in total. The Hall–Kier alpha value is 1.05. The van der Waals surface area contributed by atoms with Crippen molar-refractivity contribution in [2.75, 3.05) is 17.3 Å². The van der Waals surface area contributed by atoms with Crippen molar-refractivity contribution in [2.45, 2.75) is 23.8 Å². The number of thiol groups is 1.